The average molecular weight is 504 g/mol. The van der Waals surface area contributed by atoms with Gasteiger partial charge in [-0.2, -0.15) is 10.1 Å². The van der Waals surface area contributed by atoms with Crippen LogP contribution in [0.15, 0.2) is 53.1 Å². The van der Waals surface area contributed by atoms with E-state index in [9.17, 15) is 4.79 Å². The summed E-state index contributed by atoms with van der Waals surface area (Å²) in [4.78, 5) is 13.0. The number of carbonyl (C=O) groups is 1. The van der Waals surface area contributed by atoms with Crippen LogP contribution in [-0.2, 0) is 4.79 Å². The van der Waals surface area contributed by atoms with Crippen molar-refractivity contribution in [1.82, 2.24) is 0 Å². The lowest BCUT2D eigenvalue weighted by atomic mass is 10.1. The van der Waals surface area contributed by atoms with Crippen molar-refractivity contribution in [3.05, 3.63) is 57.2 Å². The fraction of sp³-hybridized carbons (Fsp3) is 0.304. The van der Waals surface area contributed by atoms with Gasteiger partial charge in [-0.3, -0.25) is 4.79 Å². The molecule has 2 aromatic carbocycles. The second-order valence-corrected chi connectivity index (χ2v) is 7.96. The number of ether oxygens (including phenoxy) is 2. The normalized spacial score (nSPS) is 16.2. The second kappa shape index (κ2) is 9.43. The molecule has 0 radical (unpaired) electrons. The van der Waals surface area contributed by atoms with Gasteiger partial charge in [-0.25, -0.2) is 0 Å². The Morgan fingerprint density at radius 2 is 1.93 bits per heavy atom. The van der Waals surface area contributed by atoms with Crippen LogP contribution in [0.3, 0.4) is 0 Å². The van der Waals surface area contributed by atoms with Gasteiger partial charge in [0.25, 0.3) is 5.91 Å². The number of hydrazone groups is 1. The first-order valence-corrected chi connectivity index (χ1v) is 10.8. The molecule has 0 spiro atoms. The van der Waals surface area contributed by atoms with Crippen LogP contribution in [0.4, 0.5) is 5.69 Å². The fourth-order valence-corrected chi connectivity index (χ4v) is 3.68. The molecular formula is C23H25IN2O3. The molecule has 0 fully saturated rings. The monoisotopic (exact) mass is 504 g/mol. The Hall–Kier alpha value is -2.35. The minimum Gasteiger partial charge on any atom is -0.490 e. The lowest BCUT2D eigenvalue weighted by molar-refractivity contribution is -0.114. The number of hydrogen-bond donors (Lipinski definition) is 0. The second-order valence-electron chi connectivity index (χ2n) is 6.80. The number of nitrogens with zero attached hydrogens (tertiary/aromatic N) is 2. The minimum absolute atomic E-state index is 0.0946. The van der Waals surface area contributed by atoms with Gasteiger partial charge in [0.2, 0.25) is 0 Å². The van der Waals surface area contributed by atoms with E-state index in [1.165, 1.54) is 5.01 Å². The summed E-state index contributed by atoms with van der Waals surface area (Å²) in [5.41, 5.74) is 2.89. The largest absolute Gasteiger partial charge is 0.490 e. The number of halogens is 1. The van der Waals surface area contributed by atoms with E-state index in [0.717, 1.165) is 27.0 Å². The molecule has 0 bridgehead atoms. The molecule has 1 aliphatic rings. The number of hydrogen-bond acceptors (Lipinski definition) is 4. The molecule has 0 unspecified atom stereocenters. The Bertz CT molecular complexity index is 954. The standard InChI is InChI=1S/C23H25IN2O3/c1-5-15(3)29-22-20(24)13-17(14-21(22)28-6-2)12-19-16(4)25-26(23(19)27)18-10-8-7-9-11-18/h7-15H,5-6H2,1-4H3/b19-12+/t15-/m0/s1. The van der Waals surface area contributed by atoms with Gasteiger partial charge in [0.1, 0.15) is 0 Å². The Morgan fingerprint density at radius 3 is 2.59 bits per heavy atom. The molecule has 1 atom stereocenters. The summed E-state index contributed by atoms with van der Waals surface area (Å²) in [6.45, 7) is 8.45. The van der Waals surface area contributed by atoms with Gasteiger partial charge in [-0.05, 0) is 85.7 Å². The highest BCUT2D eigenvalue weighted by molar-refractivity contribution is 14.1. The topological polar surface area (TPSA) is 51.1 Å². The molecule has 0 saturated carbocycles. The van der Waals surface area contributed by atoms with E-state index in [1.54, 1.807) is 0 Å². The molecule has 0 saturated heterocycles. The lowest BCUT2D eigenvalue weighted by Crippen LogP contribution is -2.21. The number of amides is 1. The molecule has 2 aromatic rings. The van der Waals surface area contributed by atoms with Gasteiger partial charge in [-0.15, -0.1) is 0 Å². The summed E-state index contributed by atoms with van der Waals surface area (Å²) in [5, 5.41) is 5.88. The van der Waals surface area contributed by atoms with Crippen LogP contribution in [0, 0.1) is 3.57 Å². The number of carbonyl (C=O) groups excluding carboxylic acids is 1. The number of anilines is 1. The van der Waals surface area contributed by atoms with Crippen molar-refractivity contribution < 1.29 is 14.3 Å². The van der Waals surface area contributed by atoms with Crippen LogP contribution >= 0.6 is 22.6 Å². The van der Waals surface area contributed by atoms with E-state index in [0.29, 0.717) is 23.6 Å². The quantitative estimate of drug-likeness (QED) is 0.361. The van der Waals surface area contributed by atoms with Crippen molar-refractivity contribution in [1.29, 1.82) is 0 Å². The average Bonchev–Trinajstić information content (AvgIpc) is 2.99. The summed E-state index contributed by atoms with van der Waals surface area (Å²) in [6.07, 6.45) is 2.87. The molecular weight excluding hydrogens is 479 g/mol. The zero-order valence-corrected chi connectivity index (χ0v) is 19.3. The molecule has 0 aliphatic carbocycles. The number of para-hydroxylation sites is 1. The predicted molar refractivity (Wildman–Crippen MR) is 126 cm³/mol. The third-order valence-electron chi connectivity index (χ3n) is 4.60. The number of rotatable bonds is 7. The maximum atomic E-state index is 13.0. The molecule has 3 rings (SSSR count). The molecule has 1 heterocycles. The van der Waals surface area contributed by atoms with Gasteiger partial charge in [0, 0.05) is 0 Å². The van der Waals surface area contributed by atoms with E-state index < -0.39 is 0 Å². The molecule has 29 heavy (non-hydrogen) atoms. The highest BCUT2D eigenvalue weighted by Crippen LogP contribution is 2.36. The number of benzene rings is 2. The Kier molecular flexibility index (Phi) is 6.95. The third kappa shape index (κ3) is 4.80. The van der Waals surface area contributed by atoms with E-state index in [4.69, 9.17) is 9.47 Å². The maximum absolute atomic E-state index is 13.0. The summed E-state index contributed by atoms with van der Waals surface area (Å²) in [7, 11) is 0. The third-order valence-corrected chi connectivity index (χ3v) is 5.40. The summed E-state index contributed by atoms with van der Waals surface area (Å²) < 4.78 is 12.8. The fourth-order valence-electron chi connectivity index (χ4n) is 2.93. The molecule has 5 nitrogen and oxygen atoms in total. The predicted octanol–water partition coefficient (Wildman–Crippen LogP) is 5.67. The Labute approximate surface area is 185 Å². The summed E-state index contributed by atoms with van der Waals surface area (Å²) in [5.74, 6) is 1.30. The van der Waals surface area contributed by atoms with Crippen LogP contribution in [-0.4, -0.2) is 24.3 Å². The molecule has 1 amide bonds. The SMILES string of the molecule is CCOc1cc(/C=C2/C(=O)N(c3ccccc3)N=C2C)cc(I)c1O[C@@H](C)CC. The van der Waals surface area contributed by atoms with Crippen molar-refractivity contribution in [3.8, 4) is 11.5 Å². The highest BCUT2D eigenvalue weighted by atomic mass is 127. The van der Waals surface area contributed by atoms with Crippen molar-refractivity contribution in [2.45, 2.75) is 40.2 Å². The van der Waals surface area contributed by atoms with Gasteiger partial charge < -0.3 is 9.47 Å². The first kappa shape index (κ1) is 21.4. The van der Waals surface area contributed by atoms with Gasteiger partial charge >= 0.3 is 0 Å². The Morgan fingerprint density at radius 1 is 1.21 bits per heavy atom. The highest BCUT2D eigenvalue weighted by Gasteiger charge is 2.28. The van der Waals surface area contributed by atoms with Crippen LogP contribution in [0.1, 0.15) is 39.7 Å². The molecule has 0 N–H and O–H groups in total. The summed E-state index contributed by atoms with van der Waals surface area (Å²) in [6, 6.07) is 13.4. The summed E-state index contributed by atoms with van der Waals surface area (Å²) >= 11 is 2.25. The minimum atomic E-state index is -0.137. The van der Waals surface area contributed by atoms with Gasteiger partial charge in [0.15, 0.2) is 11.5 Å². The molecule has 0 aromatic heterocycles. The first-order valence-electron chi connectivity index (χ1n) is 9.74. The molecule has 6 heteroatoms. The van der Waals surface area contributed by atoms with Crippen LogP contribution in [0.25, 0.3) is 6.08 Å². The lowest BCUT2D eigenvalue weighted by Gasteiger charge is -2.18. The van der Waals surface area contributed by atoms with Crippen molar-refractivity contribution in [2.75, 3.05) is 11.6 Å². The van der Waals surface area contributed by atoms with E-state index in [2.05, 4.69) is 34.6 Å². The van der Waals surface area contributed by atoms with Crippen LogP contribution in [0.5, 0.6) is 11.5 Å². The van der Waals surface area contributed by atoms with E-state index >= 15 is 0 Å². The Balaban J connectivity index is 1.95. The van der Waals surface area contributed by atoms with Crippen molar-refractivity contribution >= 4 is 46.0 Å². The van der Waals surface area contributed by atoms with Gasteiger partial charge in [-0.1, -0.05) is 25.1 Å². The first-order chi connectivity index (χ1) is 13.9. The van der Waals surface area contributed by atoms with E-state index in [1.807, 2.05) is 69.3 Å². The van der Waals surface area contributed by atoms with Crippen molar-refractivity contribution in [3.63, 3.8) is 0 Å². The zero-order chi connectivity index (χ0) is 21.0. The maximum Gasteiger partial charge on any atom is 0.280 e. The van der Waals surface area contributed by atoms with Gasteiger partial charge in [0.05, 0.1) is 33.3 Å². The van der Waals surface area contributed by atoms with Crippen LogP contribution in [0.2, 0.25) is 0 Å². The van der Waals surface area contributed by atoms with Crippen molar-refractivity contribution in [2.24, 2.45) is 5.10 Å². The molecule has 152 valence electrons. The van der Waals surface area contributed by atoms with E-state index in [-0.39, 0.29) is 12.0 Å². The van der Waals surface area contributed by atoms with Crippen LogP contribution < -0.4 is 14.5 Å². The molecule has 1 aliphatic heterocycles. The zero-order valence-electron chi connectivity index (χ0n) is 17.1. The smallest absolute Gasteiger partial charge is 0.280 e.